The molecule has 0 saturated carbocycles. The molecule has 146 valence electrons. The number of thiazole rings is 1. The van der Waals surface area contributed by atoms with Crippen molar-refractivity contribution in [2.75, 3.05) is 20.8 Å². The number of ether oxygens (including phenoxy) is 2. The van der Waals surface area contributed by atoms with Crippen LogP contribution in [0.5, 0.6) is 11.5 Å². The van der Waals surface area contributed by atoms with Crippen LogP contribution in [0.1, 0.15) is 17.7 Å². The Morgan fingerprint density at radius 2 is 2.00 bits per heavy atom. The van der Waals surface area contributed by atoms with Crippen LogP contribution in [0, 0.1) is 0 Å². The lowest BCUT2D eigenvalue weighted by atomic mass is 10.1. The van der Waals surface area contributed by atoms with Gasteiger partial charge in [0.2, 0.25) is 5.91 Å². The minimum atomic E-state index is 0.0244. The number of hydrogen-bond acceptors (Lipinski definition) is 6. The zero-order chi connectivity index (χ0) is 19.8. The van der Waals surface area contributed by atoms with Crippen molar-refractivity contribution in [1.29, 1.82) is 0 Å². The van der Waals surface area contributed by atoms with Crippen molar-refractivity contribution < 1.29 is 14.3 Å². The maximum atomic E-state index is 12.1. The molecule has 1 amide bonds. The SMILES string of the molecule is COc1ccc(CCNC(=O)CCc2csc(-c3cccnc3)n2)cc1OC. The van der Waals surface area contributed by atoms with E-state index in [1.165, 1.54) is 0 Å². The monoisotopic (exact) mass is 397 g/mol. The fourth-order valence-electron chi connectivity index (χ4n) is 2.76. The number of methoxy groups -OCH3 is 2. The molecule has 3 rings (SSSR count). The van der Waals surface area contributed by atoms with E-state index in [2.05, 4.69) is 15.3 Å². The van der Waals surface area contributed by atoms with E-state index < -0.39 is 0 Å². The number of carbonyl (C=O) groups excluding carboxylic acids is 1. The molecule has 0 unspecified atom stereocenters. The van der Waals surface area contributed by atoms with Gasteiger partial charge in [-0.25, -0.2) is 4.98 Å². The van der Waals surface area contributed by atoms with E-state index >= 15 is 0 Å². The normalized spacial score (nSPS) is 10.5. The first-order valence-corrected chi connectivity index (χ1v) is 9.90. The molecule has 0 bridgehead atoms. The average molecular weight is 398 g/mol. The molecule has 28 heavy (non-hydrogen) atoms. The number of hydrogen-bond donors (Lipinski definition) is 1. The molecule has 3 aromatic rings. The number of rotatable bonds is 9. The Morgan fingerprint density at radius 1 is 1.14 bits per heavy atom. The van der Waals surface area contributed by atoms with Crippen LogP contribution in [0.3, 0.4) is 0 Å². The van der Waals surface area contributed by atoms with Crippen molar-refractivity contribution in [1.82, 2.24) is 15.3 Å². The second-order valence-corrected chi connectivity index (χ2v) is 7.03. The summed E-state index contributed by atoms with van der Waals surface area (Å²) in [5, 5.41) is 5.89. The Hall–Kier alpha value is -2.93. The number of nitrogens with zero attached hydrogens (tertiary/aromatic N) is 2. The molecule has 0 aliphatic rings. The molecular formula is C21H23N3O3S. The third-order valence-electron chi connectivity index (χ3n) is 4.25. The molecule has 0 aliphatic carbocycles. The van der Waals surface area contributed by atoms with Crippen molar-refractivity contribution >= 4 is 17.2 Å². The summed E-state index contributed by atoms with van der Waals surface area (Å²) in [7, 11) is 3.22. The predicted octanol–water partition coefficient (Wildman–Crippen LogP) is 3.51. The lowest BCUT2D eigenvalue weighted by Gasteiger charge is -2.10. The lowest BCUT2D eigenvalue weighted by molar-refractivity contribution is -0.121. The molecular weight excluding hydrogens is 374 g/mol. The second-order valence-electron chi connectivity index (χ2n) is 6.17. The molecule has 0 saturated heterocycles. The Bertz CT molecular complexity index is 912. The van der Waals surface area contributed by atoms with Gasteiger partial charge in [0, 0.05) is 36.3 Å². The average Bonchev–Trinajstić information content (AvgIpc) is 3.22. The molecule has 0 fully saturated rings. The topological polar surface area (TPSA) is 73.3 Å². The van der Waals surface area contributed by atoms with Gasteiger partial charge in [-0.3, -0.25) is 9.78 Å². The smallest absolute Gasteiger partial charge is 0.220 e. The van der Waals surface area contributed by atoms with Gasteiger partial charge in [0.05, 0.1) is 19.9 Å². The minimum Gasteiger partial charge on any atom is -0.493 e. The molecule has 0 spiro atoms. The van der Waals surface area contributed by atoms with Crippen molar-refractivity contribution in [3.8, 4) is 22.1 Å². The van der Waals surface area contributed by atoms with Crippen LogP contribution < -0.4 is 14.8 Å². The summed E-state index contributed by atoms with van der Waals surface area (Å²) in [6.07, 6.45) is 5.31. The van der Waals surface area contributed by atoms with E-state index in [-0.39, 0.29) is 5.91 Å². The van der Waals surface area contributed by atoms with E-state index in [0.717, 1.165) is 28.2 Å². The maximum Gasteiger partial charge on any atom is 0.220 e. The Kier molecular flexibility index (Phi) is 6.97. The lowest BCUT2D eigenvalue weighted by Crippen LogP contribution is -2.25. The summed E-state index contributed by atoms with van der Waals surface area (Å²) < 4.78 is 10.5. The number of carbonyl (C=O) groups is 1. The molecule has 0 atom stereocenters. The van der Waals surface area contributed by atoms with Gasteiger partial charge in [-0.1, -0.05) is 6.07 Å². The van der Waals surface area contributed by atoms with Gasteiger partial charge in [-0.2, -0.15) is 0 Å². The highest BCUT2D eigenvalue weighted by atomic mass is 32.1. The van der Waals surface area contributed by atoms with Gasteiger partial charge < -0.3 is 14.8 Å². The van der Waals surface area contributed by atoms with Crippen molar-refractivity contribution in [3.05, 3.63) is 59.4 Å². The first-order chi connectivity index (χ1) is 13.7. The van der Waals surface area contributed by atoms with E-state index in [4.69, 9.17) is 9.47 Å². The zero-order valence-electron chi connectivity index (χ0n) is 16.0. The van der Waals surface area contributed by atoms with Crippen molar-refractivity contribution in [3.63, 3.8) is 0 Å². The van der Waals surface area contributed by atoms with Crippen LogP contribution in [-0.4, -0.2) is 36.6 Å². The summed E-state index contributed by atoms with van der Waals surface area (Å²) in [4.78, 5) is 20.8. The predicted molar refractivity (Wildman–Crippen MR) is 110 cm³/mol. The fraction of sp³-hybridized carbons (Fsp3) is 0.286. The number of nitrogens with one attached hydrogen (secondary N) is 1. The van der Waals surface area contributed by atoms with Gasteiger partial charge in [-0.15, -0.1) is 11.3 Å². The summed E-state index contributed by atoms with van der Waals surface area (Å²) in [5.41, 5.74) is 3.01. The number of benzene rings is 1. The molecule has 6 nitrogen and oxygen atoms in total. The molecule has 2 aromatic heterocycles. The van der Waals surface area contributed by atoms with Crippen LogP contribution >= 0.6 is 11.3 Å². The van der Waals surface area contributed by atoms with Gasteiger partial charge >= 0.3 is 0 Å². The van der Waals surface area contributed by atoms with Gasteiger partial charge in [0.25, 0.3) is 0 Å². The van der Waals surface area contributed by atoms with Gasteiger partial charge in [0.1, 0.15) is 5.01 Å². The Labute approximate surface area is 168 Å². The van der Waals surface area contributed by atoms with Crippen LogP contribution in [-0.2, 0) is 17.6 Å². The van der Waals surface area contributed by atoms with E-state index in [1.807, 2.05) is 35.7 Å². The Morgan fingerprint density at radius 3 is 2.75 bits per heavy atom. The summed E-state index contributed by atoms with van der Waals surface area (Å²) in [6.45, 7) is 0.576. The number of pyridine rings is 1. The molecule has 7 heteroatoms. The fourth-order valence-corrected chi connectivity index (χ4v) is 3.60. The largest absolute Gasteiger partial charge is 0.493 e. The van der Waals surface area contributed by atoms with E-state index in [0.29, 0.717) is 30.9 Å². The summed E-state index contributed by atoms with van der Waals surface area (Å²) in [5.74, 6) is 1.42. The Balaban J connectivity index is 1.43. The first kappa shape index (κ1) is 19.8. The molecule has 0 radical (unpaired) electrons. The summed E-state index contributed by atoms with van der Waals surface area (Å²) >= 11 is 1.57. The molecule has 1 N–H and O–H groups in total. The molecule has 2 heterocycles. The van der Waals surface area contributed by atoms with Gasteiger partial charge in [-0.05, 0) is 42.7 Å². The van der Waals surface area contributed by atoms with E-state index in [1.54, 1.807) is 38.0 Å². The van der Waals surface area contributed by atoms with Crippen molar-refractivity contribution in [2.24, 2.45) is 0 Å². The maximum absolute atomic E-state index is 12.1. The highest BCUT2D eigenvalue weighted by Crippen LogP contribution is 2.27. The highest BCUT2D eigenvalue weighted by molar-refractivity contribution is 7.13. The van der Waals surface area contributed by atoms with E-state index in [9.17, 15) is 4.79 Å². The quantitative estimate of drug-likeness (QED) is 0.598. The third kappa shape index (κ3) is 5.29. The number of aromatic nitrogens is 2. The minimum absolute atomic E-state index is 0.0244. The molecule has 0 aliphatic heterocycles. The van der Waals surface area contributed by atoms with Crippen LogP contribution in [0.2, 0.25) is 0 Å². The van der Waals surface area contributed by atoms with Crippen molar-refractivity contribution in [2.45, 2.75) is 19.3 Å². The van der Waals surface area contributed by atoms with Crippen LogP contribution in [0.15, 0.2) is 48.1 Å². The standard InChI is InChI=1S/C21H23N3O3S/c1-26-18-7-5-15(12-19(18)27-2)9-11-23-20(25)8-6-17-14-28-21(24-17)16-4-3-10-22-13-16/h3-5,7,10,12-14H,6,8-9,11H2,1-2H3,(H,23,25). The third-order valence-corrected chi connectivity index (χ3v) is 5.19. The highest BCUT2D eigenvalue weighted by Gasteiger charge is 2.08. The van der Waals surface area contributed by atoms with Crippen LogP contribution in [0.25, 0.3) is 10.6 Å². The number of aryl methyl sites for hydroxylation is 1. The number of amides is 1. The zero-order valence-corrected chi connectivity index (χ0v) is 16.8. The summed E-state index contributed by atoms with van der Waals surface area (Å²) in [6, 6.07) is 9.65. The second kappa shape index (κ2) is 9.85. The molecule has 1 aromatic carbocycles. The van der Waals surface area contributed by atoms with Gasteiger partial charge in [0.15, 0.2) is 11.5 Å². The first-order valence-electron chi connectivity index (χ1n) is 9.02. The van der Waals surface area contributed by atoms with Crippen LogP contribution in [0.4, 0.5) is 0 Å².